The van der Waals surface area contributed by atoms with Gasteiger partial charge in [0.15, 0.2) is 6.61 Å². The molecule has 0 unspecified atom stereocenters. The Hall–Kier alpha value is -3.31. The van der Waals surface area contributed by atoms with Crippen LogP contribution in [0.2, 0.25) is 5.02 Å². The van der Waals surface area contributed by atoms with Gasteiger partial charge in [-0.15, -0.1) is 0 Å². The summed E-state index contributed by atoms with van der Waals surface area (Å²) >= 11 is 6.13. The van der Waals surface area contributed by atoms with Crippen molar-refractivity contribution in [1.82, 2.24) is 5.43 Å². The molecule has 0 radical (unpaired) electrons. The van der Waals surface area contributed by atoms with E-state index in [9.17, 15) is 4.79 Å². The molecule has 0 heterocycles. The van der Waals surface area contributed by atoms with Crippen molar-refractivity contribution in [2.45, 2.75) is 6.61 Å². The first-order valence-electron chi connectivity index (χ1n) is 8.67. The van der Waals surface area contributed by atoms with Crippen LogP contribution in [0.1, 0.15) is 11.1 Å². The van der Waals surface area contributed by atoms with Crippen molar-refractivity contribution in [1.29, 1.82) is 0 Å². The van der Waals surface area contributed by atoms with Crippen LogP contribution in [0.25, 0.3) is 0 Å². The number of hydrogen-bond donors (Lipinski definition) is 1. The summed E-state index contributed by atoms with van der Waals surface area (Å²) in [4.78, 5) is 11.8. The van der Waals surface area contributed by atoms with E-state index in [0.717, 1.165) is 11.1 Å². The van der Waals surface area contributed by atoms with Crippen molar-refractivity contribution in [3.05, 3.63) is 95.0 Å². The normalized spacial score (nSPS) is 10.6. The summed E-state index contributed by atoms with van der Waals surface area (Å²) in [5.74, 6) is 0.971. The molecule has 0 bridgehead atoms. The van der Waals surface area contributed by atoms with Crippen LogP contribution in [-0.2, 0) is 11.4 Å². The minimum atomic E-state index is -0.341. The SMILES string of the molecule is O=C(COc1ccccc1)N/N=C\c1cccc(OCc2ccccc2Cl)c1. The lowest BCUT2D eigenvalue weighted by atomic mass is 10.2. The molecule has 0 atom stereocenters. The first-order valence-corrected chi connectivity index (χ1v) is 9.04. The van der Waals surface area contributed by atoms with Crippen LogP contribution >= 0.6 is 11.6 Å². The van der Waals surface area contributed by atoms with Crippen molar-refractivity contribution in [2.24, 2.45) is 5.10 Å². The number of ether oxygens (including phenoxy) is 2. The van der Waals surface area contributed by atoms with Crippen LogP contribution in [-0.4, -0.2) is 18.7 Å². The highest BCUT2D eigenvalue weighted by molar-refractivity contribution is 6.31. The van der Waals surface area contributed by atoms with E-state index in [0.29, 0.717) is 23.1 Å². The Bertz CT molecular complexity index is 945. The Morgan fingerprint density at radius 2 is 1.68 bits per heavy atom. The number of nitrogens with one attached hydrogen (secondary N) is 1. The highest BCUT2D eigenvalue weighted by Gasteiger charge is 2.02. The number of benzene rings is 3. The lowest BCUT2D eigenvalue weighted by molar-refractivity contribution is -0.123. The van der Waals surface area contributed by atoms with Crippen LogP contribution in [0.3, 0.4) is 0 Å². The van der Waals surface area contributed by atoms with Crippen molar-refractivity contribution >= 4 is 23.7 Å². The molecule has 3 aromatic carbocycles. The molecule has 3 rings (SSSR count). The molecule has 0 spiro atoms. The molecular weight excluding hydrogens is 376 g/mol. The zero-order valence-electron chi connectivity index (χ0n) is 15.0. The van der Waals surface area contributed by atoms with E-state index >= 15 is 0 Å². The van der Waals surface area contributed by atoms with Crippen molar-refractivity contribution in [3.63, 3.8) is 0 Å². The highest BCUT2D eigenvalue weighted by Crippen LogP contribution is 2.19. The topological polar surface area (TPSA) is 59.9 Å². The minimum Gasteiger partial charge on any atom is -0.489 e. The molecular formula is C22H19ClN2O3. The second kappa shape index (κ2) is 10.1. The van der Waals surface area contributed by atoms with Crippen LogP contribution in [0.4, 0.5) is 0 Å². The second-order valence-corrected chi connectivity index (χ2v) is 6.25. The quantitative estimate of drug-likeness (QED) is 0.453. The van der Waals surface area contributed by atoms with Gasteiger partial charge in [0.2, 0.25) is 0 Å². The first-order chi connectivity index (χ1) is 13.7. The summed E-state index contributed by atoms with van der Waals surface area (Å²) in [5, 5.41) is 4.61. The van der Waals surface area contributed by atoms with Crippen LogP contribution in [0, 0.1) is 0 Å². The second-order valence-electron chi connectivity index (χ2n) is 5.85. The van der Waals surface area contributed by atoms with Crippen LogP contribution < -0.4 is 14.9 Å². The molecule has 0 aliphatic rings. The fraction of sp³-hybridized carbons (Fsp3) is 0.0909. The molecule has 0 aliphatic carbocycles. The number of amides is 1. The number of carbonyl (C=O) groups is 1. The van der Waals surface area contributed by atoms with Crippen LogP contribution in [0.5, 0.6) is 11.5 Å². The fourth-order valence-electron chi connectivity index (χ4n) is 2.34. The van der Waals surface area contributed by atoms with Gasteiger partial charge in [0.1, 0.15) is 18.1 Å². The lowest BCUT2D eigenvalue weighted by Crippen LogP contribution is -2.24. The van der Waals surface area contributed by atoms with Crippen molar-refractivity contribution < 1.29 is 14.3 Å². The van der Waals surface area contributed by atoms with E-state index in [4.69, 9.17) is 21.1 Å². The monoisotopic (exact) mass is 394 g/mol. The minimum absolute atomic E-state index is 0.109. The average molecular weight is 395 g/mol. The summed E-state index contributed by atoms with van der Waals surface area (Å²) in [7, 11) is 0. The van der Waals surface area contributed by atoms with E-state index in [1.807, 2.05) is 66.7 Å². The van der Waals surface area contributed by atoms with Gasteiger partial charge in [-0.2, -0.15) is 5.10 Å². The molecule has 28 heavy (non-hydrogen) atoms. The number of hydrazone groups is 1. The third-order valence-electron chi connectivity index (χ3n) is 3.73. The van der Waals surface area contributed by atoms with Crippen molar-refractivity contribution in [3.8, 4) is 11.5 Å². The molecule has 3 aromatic rings. The van der Waals surface area contributed by atoms with Gasteiger partial charge >= 0.3 is 0 Å². The molecule has 142 valence electrons. The van der Waals surface area contributed by atoms with Gasteiger partial charge in [-0.05, 0) is 35.9 Å². The number of rotatable bonds is 8. The summed E-state index contributed by atoms with van der Waals surface area (Å²) < 4.78 is 11.1. The van der Waals surface area contributed by atoms with E-state index in [1.54, 1.807) is 18.3 Å². The number of hydrogen-bond acceptors (Lipinski definition) is 4. The standard InChI is InChI=1S/C22H19ClN2O3/c23-21-12-5-4-8-18(21)15-27-20-11-6-7-17(13-20)14-24-25-22(26)16-28-19-9-2-1-3-10-19/h1-14H,15-16H2,(H,25,26)/b24-14-. The Morgan fingerprint density at radius 1 is 0.929 bits per heavy atom. The first kappa shape index (κ1) is 19.5. The van der Waals surface area contributed by atoms with Gasteiger partial charge in [0, 0.05) is 10.6 Å². The predicted octanol–water partition coefficient (Wildman–Crippen LogP) is 4.45. The van der Waals surface area contributed by atoms with E-state index in [-0.39, 0.29) is 12.5 Å². The number of halogens is 1. The maximum atomic E-state index is 11.8. The zero-order chi connectivity index (χ0) is 19.6. The average Bonchev–Trinajstić information content (AvgIpc) is 2.73. The summed E-state index contributed by atoms with van der Waals surface area (Å²) in [5.41, 5.74) is 4.14. The Morgan fingerprint density at radius 3 is 2.50 bits per heavy atom. The number of nitrogens with zero attached hydrogens (tertiary/aromatic N) is 1. The molecule has 6 heteroatoms. The molecule has 1 amide bonds. The molecule has 0 fully saturated rings. The number of para-hydroxylation sites is 1. The van der Waals surface area contributed by atoms with Crippen molar-refractivity contribution in [2.75, 3.05) is 6.61 Å². The van der Waals surface area contributed by atoms with E-state index in [2.05, 4.69) is 10.5 Å². The number of carbonyl (C=O) groups excluding carboxylic acids is 1. The Balaban J connectivity index is 1.48. The molecule has 1 N–H and O–H groups in total. The predicted molar refractivity (Wildman–Crippen MR) is 110 cm³/mol. The summed E-state index contributed by atoms with van der Waals surface area (Å²) in [6.45, 7) is 0.260. The van der Waals surface area contributed by atoms with Gasteiger partial charge in [-0.1, -0.05) is 60.1 Å². The van der Waals surface area contributed by atoms with Gasteiger partial charge in [0.25, 0.3) is 5.91 Å². The smallest absolute Gasteiger partial charge is 0.277 e. The molecule has 0 saturated heterocycles. The zero-order valence-corrected chi connectivity index (χ0v) is 15.8. The van der Waals surface area contributed by atoms with Crippen LogP contribution in [0.15, 0.2) is 84.0 Å². The summed E-state index contributed by atoms with van der Waals surface area (Å²) in [6.07, 6.45) is 1.54. The fourth-order valence-corrected chi connectivity index (χ4v) is 2.53. The summed E-state index contributed by atoms with van der Waals surface area (Å²) in [6, 6.07) is 24.0. The lowest BCUT2D eigenvalue weighted by Gasteiger charge is -2.08. The maximum Gasteiger partial charge on any atom is 0.277 e. The van der Waals surface area contributed by atoms with Gasteiger partial charge in [-0.3, -0.25) is 4.79 Å². The Labute approximate surface area is 168 Å². The molecule has 0 aliphatic heterocycles. The largest absolute Gasteiger partial charge is 0.489 e. The third-order valence-corrected chi connectivity index (χ3v) is 4.10. The van der Waals surface area contributed by atoms with E-state index < -0.39 is 0 Å². The van der Waals surface area contributed by atoms with E-state index in [1.165, 1.54) is 0 Å². The highest BCUT2D eigenvalue weighted by atomic mass is 35.5. The molecule has 0 saturated carbocycles. The molecule has 0 aromatic heterocycles. The molecule has 5 nitrogen and oxygen atoms in total. The van der Waals surface area contributed by atoms with Gasteiger partial charge < -0.3 is 9.47 Å². The Kier molecular flexibility index (Phi) is 7.04. The third kappa shape index (κ3) is 6.14. The van der Waals surface area contributed by atoms with Gasteiger partial charge in [0.05, 0.1) is 6.21 Å². The van der Waals surface area contributed by atoms with Gasteiger partial charge in [-0.25, -0.2) is 5.43 Å². The maximum absolute atomic E-state index is 11.8.